The van der Waals surface area contributed by atoms with E-state index < -0.39 is 0 Å². The molecule has 3 rings (SSSR count). The van der Waals surface area contributed by atoms with Crippen molar-refractivity contribution in [2.24, 2.45) is 0 Å². The van der Waals surface area contributed by atoms with E-state index in [0.717, 1.165) is 42.6 Å². The number of piperidine rings is 1. The van der Waals surface area contributed by atoms with Crippen LogP contribution in [0.5, 0.6) is 11.5 Å². The Kier molecular flexibility index (Phi) is 3.62. The molecule has 0 bridgehead atoms. The maximum Gasteiger partial charge on any atom is 0.162 e. The van der Waals surface area contributed by atoms with Crippen molar-refractivity contribution >= 4 is 11.6 Å². The summed E-state index contributed by atoms with van der Waals surface area (Å²) in [4.78, 5) is 0. The van der Waals surface area contributed by atoms with Crippen LogP contribution in [0.25, 0.3) is 0 Å². The van der Waals surface area contributed by atoms with Crippen LogP contribution in [-0.4, -0.2) is 26.3 Å². The molecule has 1 unspecified atom stereocenters. The predicted octanol–water partition coefficient (Wildman–Crippen LogP) is 2.97. The van der Waals surface area contributed by atoms with E-state index in [-0.39, 0.29) is 0 Å². The summed E-state index contributed by atoms with van der Waals surface area (Å²) in [5.41, 5.74) is 1.19. The predicted molar refractivity (Wildman–Crippen MR) is 71.9 cm³/mol. The zero-order valence-corrected chi connectivity index (χ0v) is 11.1. The van der Waals surface area contributed by atoms with E-state index in [1.165, 1.54) is 18.4 Å². The average Bonchev–Trinajstić information content (AvgIpc) is 2.63. The van der Waals surface area contributed by atoms with E-state index in [9.17, 15) is 0 Å². The van der Waals surface area contributed by atoms with Gasteiger partial charge in [-0.1, -0.05) is 11.6 Å². The fourth-order valence-corrected chi connectivity index (χ4v) is 2.94. The Labute approximate surface area is 112 Å². The molecule has 1 N–H and O–H groups in total. The van der Waals surface area contributed by atoms with E-state index in [2.05, 4.69) is 11.4 Å². The van der Waals surface area contributed by atoms with Crippen molar-refractivity contribution in [1.82, 2.24) is 5.32 Å². The third-order valence-electron chi connectivity index (χ3n) is 3.60. The van der Waals surface area contributed by atoms with Gasteiger partial charge in [0.15, 0.2) is 11.5 Å². The van der Waals surface area contributed by atoms with E-state index in [0.29, 0.717) is 12.5 Å². The number of fused-ring (bicyclic) bond motifs is 1. The summed E-state index contributed by atoms with van der Waals surface area (Å²) in [7, 11) is 0. The second kappa shape index (κ2) is 5.37. The maximum absolute atomic E-state index is 6.38. The highest BCUT2D eigenvalue weighted by molar-refractivity contribution is 6.31. The first-order valence-electron chi connectivity index (χ1n) is 6.64. The maximum atomic E-state index is 6.38. The Balaban J connectivity index is 1.92. The Morgan fingerprint density at radius 3 is 2.61 bits per heavy atom. The summed E-state index contributed by atoms with van der Waals surface area (Å²) >= 11 is 6.38. The van der Waals surface area contributed by atoms with Crippen molar-refractivity contribution < 1.29 is 9.47 Å². The molecule has 0 radical (unpaired) electrons. The molecule has 18 heavy (non-hydrogen) atoms. The van der Waals surface area contributed by atoms with Crippen LogP contribution in [0.4, 0.5) is 0 Å². The highest BCUT2D eigenvalue weighted by Crippen LogP contribution is 2.39. The van der Waals surface area contributed by atoms with Gasteiger partial charge in [-0.15, -0.1) is 0 Å². The summed E-state index contributed by atoms with van der Waals surface area (Å²) in [6.45, 7) is 3.53. The molecule has 0 amide bonds. The summed E-state index contributed by atoms with van der Waals surface area (Å²) < 4.78 is 11.4. The summed E-state index contributed by atoms with van der Waals surface area (Å²) in [6.07, 6.45) is 3.31. The van der Waals surface area contributed by atoms with Crippen molar-refractivity contribution in [2.75, 3.05) is 26.3 Å². The van der Waals surface area contributed by atoms with Crippen molar-refractivity contribution in [3.63, 3.8) is 0 Å². The van der Waals surface area contributed by atoms with Gasteiger partial charge < -0.3 is 14.8 Å². The molecule has 1 saturated heterocycles. The Morgan fingerprint density at radius 1 is 1.11 bits per heavy atom. The van der Waals surface area contributed by atoms with Gasteiger partial charge in [0.2, 0.25) is 0 Å². The fraction of sp³-hybridized carbons (Fsp3) is 0.571. The minimum Gasteiger partial charge on any atom is -0.490 e. The van der Waals surface area contributed by atoms with Gasteiger partial charge in [-0.2, -0.15) is 0 Å². The molecule has 4 heteroatoms. The first kappa shape index (κ1) is 12.1. The Bertz CT molecular complexity index is 430. The second-order valence-corrected chi connectivity index (χ2v) is 5.32. The number of nitrogens with one attached hydrogen (secondary N) is 1. The van der Waals surface area contributed by atoms with Crippen molar-refractivity contribution in [3.05, 3.63) is 22.7 Å². The minimum absolute atomic E-state index is 0.489. The average molecular weight is 268 g/mol. The molecular weight excluding hydrogens is 250 g/mol. The molecule has 2 heterocycles. The van der Waals surface area contributed by atoms with Gasteiger partial charge >= 0.3 is 0 Å². The quantitative estimate of drug-likeness (QED) is 0.849. The first-order chi connectivity index (χ1) is 8.84. The van der Waals surface area contributed by atoms with Gasteiger partial charge in [-0.25, -0.2) is 0 Å². The lowest BCUT2D eigenvalue weighted by atomic mass is 9.91. The van der Waals surface area contributed by atoms with Crippen LogP contribution >= 0.6 is 11.6 Å². The van der Waals surface area contributed by atoms with Gasteiger partial charge in [0, 0.05) is 24.1 Å². The molecule has 0 aliphatic carbocycles. The van der Waals surface area contributed by atoms with Crippen LogP contribution in [-0.2, 0) is 0 Å². The molecule has 0 saturated carbocycles. The number of halogens is 1. The topological polar surface area (TPSA) is 30.5 Å². The van der Waals surface area contributed by atoms with Gasteiger partial charge in [-0.3, -0.25) is 0 Å². The van der Waals surface area contributed by atoms with Crippen LogP contribution in [0.2, 0.25) is 5.02 Å². The van der Waals surface area contributed by atoms with Gasteiger partial charge in [0.25, 0.3) is 0 Å². The molecule has 1 atom stereocenters. The molecule has 0 spiro atoms. The van der Waals surface area contributed by atoms with Gasteiger partial charge in [-0.05, 0) is 36.9 Å². The lowest BCUT2D eigenvalue weighted by molar-refractivity contribution is 0.297. The fourth-order valence-electron chi connectivity index (χ4n) is 2.63. The molecular formula is C14H18ClNO2. The number of hydrogen-bond acceptors (Lipinski definition) is 3. The van der Waals surface area contributed by atoms with E-state index in [1.54, 1.807) is 0 Å². The monoisotopic (exact) mass is 267 g/mol. The second-order valence-electron chi connectivity index (χ2n) is 4.91. The van der Waals surface area contributed by atoms with Crippen LogP contribution in [0.15, 0.2) is 12.1 Å². The summed E-state index contributed by atoms with van der Waals surface area (Å²) in [6, 6.07) is 3.98. The van der Waals surface area contributed by atoms with E-state index >= 15 is 0 Å². The molecule has 3 nitrogen and oxygen atoms in total. The van der Waals surface area contributed by atoms with E-state index in [4.69, 9.17) is 21.1 Å². The molecule has 98 valence electrons. The zero-order chi connectivity index (χ0) is 12.4. The standard InChI is InChI=1S/C14H18ClNO2/c15-12-8-14-13(17-5-2-6-18-14)7-11(12)10-3-1-4-16-9-10/h7-8,10,16H,1-6,9H2. The Morgan fingerprint density at radius 2 is 1.89 bits per heavy atom. The molecule has 2 aliphatic heterocycles. The molecule has 1 aromatic carbocycles. The van der Waals surface area contributed by atoms with Gasteiger partial charge in [0.05, 0.1) is 13.2 Å². The minimum atomic E-state index is 0.489. The Hall–Kier alpha value is -0.930. The number of benzene rings is 1. The third kappa shape index (κ3) is 2.43. The van der Waals surface area contributed by atoms with Crippen LogP contribution in [0.3, 0.4) is 0 Å². The van der Waals surface area contributed by atoms with E-state index in [1.807, 2.05) is 6.07 Å². The number of ether oxygens (including phenoxy) is 2. The van der Waals surface area contributed by atoms with Crippen molar-refractivity contribution in [2.45, 2.75) is 25.2 Å². The molecule has 1 fully saturated rings. The van der Waals surface area contributed by atoms with Crippen LogP contribution < -0.4 is 14.8 Å². The summed E-state index contributed by atoms with van der Waals surface area (Å²) in [5, 5.41) is 4.22. The summed E-state index contributed by atoms with van der Waals surface area (Å²) in [5.74, 6) is 2.12. The third-order valence-corrected chi connectivity index (χ3v) is 3.93. The van der Waals surface area contributed by atoms with Gasteiger partial charge in [0.1, 0.15) is 0 Å². The molecule has 1 aromatic rings. The lowest BCUT2D eigenvalue weighted by Gasteiger charge is -2.24. The number of rotatable bonds is 1. The highest BCUT2D eigenvalue weighted by Gasteiger charge is 2.21. The largest absolute Gasteiger partial charge is 0.490 e. The normalized spacial score (nSPS) is 23.5. The van der Waals surface area contributed by atoms with Crippen molar-refractivity contribution in [3.8, 4) is 11.5 Å². The smallest absolute Gasteiger partial charge is 0.162 e. The SMILES string of the molecule is Clc1cc2c(cc1C1CCCNC1)OCCCO2. The molecule has 0 aromatic heterocycles. The first-order valence-corrected chi connectivity index (χ1v) is 7.02. The highest BCUT2D eigenvalue weighted by atomic mass is 35.5. The number of hydrogen-bond donors (Lipinski definition) is 1. The van der Waals surface area contributed by atoms with Crippen LogP contribution in [0, 0.1) is 0 Å². The lowest BCUT2D eigenvalue weighted by Crippen LogP contribution is -2.28. The molecule has 2 aliphatic rings. The van der Waals surface area contributed by atoms with Crippen LogP contribution in [0.1, 0.15) is 30.7 Å². The zero-order valence-electron chi connectivity index (χ0n) is 10.4. The van der Waals surface area contributed by atoms with Crippen molar-refractivity contribution in [1.29, 1.82) is 0 Å².